The van der Waals surface area contributed by atoms with Gasteiger partial charge in [-0.1, -0.05) is 0 Å². The second kappa shape index (κ2) is 8.06. The molecule has 32 heavy (non-hydrogen) atoms. The average Bonchev–Trinajstić information content (AvgIpc) is 3.53. The van der Waals surface area contributed by atoms with Gasteiger partial charge in [0.05, 0.1) is 22.8 Å². The maximum Gasteiger partial charge on any atom is 0.336 e. The maximum atomic E-state index is 13.3. The lowest BCUT2D eigenvalue weighted by atomic mass is 9.77. The zero-order valence-corrected chi connectivity index (χ0v) is 17.8. The molecule has 0 saturated carbocycles. The molecule has 0 bridgehead atoms. The summed E-state index contributed by atoms with van der Waals surface area (Å²) in [5, 5.41) is 21.8. The lowest BCUT2D eigenvalue weighted by molar-refractivity contribution is -0.138. The molecule has 0 aliphatic carbocycles. The van der Waals surface area contributed by atoms with Crippen LogP contribution in [-0.4, -0.2) is 84.8 Å². The van der Waals surface area contributed by atoms with E-state index >= 15 is 0 Å². The number of cyclic esters (lactones) is 1. The summed E-state index contributed by atoms with van der Waals surface area (Å²) in [5.74, 6) is 0.308. The van der Waals surface area contributed by atoms with Crippen molar-refractivity contribution in [1.82, 2.24) is 35.0 Å². The van der Waals surface area contributed by atoms with Gasteiger partial charge in [0.1, 0.15) is 12.9 Å². The van der Waals surface area contributed by atoms with E-state index in [1.807, 2.05) is 0 Å². The maximum absolute atomic E-state index is 13.3. The zero-order chi connectivity index (χ0) is 22.3. The van der Waals surface area contributed by atoms with Crippen LogP contribution in [0.1, 0.15) is 37.9 Å². The standard InChI is InChI=1S/C21H25N7O4/c1-14-16(12-32-19(14)30)27-9-5-21(20(27)31)3-7-26(8-4-21)11-17(29)15-2-6-22-18(10-15)28-13-23-24-25-28/h2,6,10,13,17,29H,3-5,7-9,11-12H2,1H3/t17-/m0/s1. The second-order valence-electron chi connectivity index (χ2n) is 8.65. The van der Waals surface area contributed by atoms with Crippen LogP contribution in [0.4, 0.5) is 0 Å². The van der Waals surface area contributed by atoms with Crippen molar-refractivity contribution in [2.45, 2.75) is 32.3 Å². The smallest absolute Gasteiger partial charge is 0.336 e. The lowest BCUT2D eigenvalue weighted by Gasteiger charge is -2.38. The van der Waals surface area contributed by atoms with Crippen LogP contribution in [0.2, 0.25) is 0 Å². The van der Waals surface area contributed by atoms with Crippen molar-refractivity contribution in [3.05, 3.63) is 41.5 Å². The number of aliphatic hydroxyl groups is 1. The van der Waals surface area contributed by atoms with Crippen molar-refractivity contribution in [2.75, 3.05) is 32.8 Å². The molecule has 5 rings (SSSR count). The van der Waals surface area contributed by atoms with Gasteiger partial charge in [-0.25, -0.2) is 9.78 Å². The first kappa shape index (κ1) is 20.7. The van der Waals surface area contributed by atoms with Gasteiger partial charge in [0.25, 0.3) is 0 Å². The number of hydrogen-bond donors (Lipinski definition) is 1. The summed E-state index contributed by atoms with van der Waals surface area (Å²) in [6, 6.07) is 3.55. The first-order valence-corrected chi connectivity index (χ1v) is 10.8. The number of carbonyl (C=O) groups is 2. The fourth-order valence-electron chi connectivity index (χ4n) is 4.84. The second-order valence-corrected chi connectivity index (χ2v) is 8.65. The van der Waals surface area contributed by atoms with Crippen LogP contribution in [0.5, 0.6) is 0 Å². The fraction of sp³-hybridized carbons (Fsp3) is 0.524. The Kier molecular flexibility index (Phi) is 5.22. The van der Waals surface area contributed by atoms with Crippen molar-refractivity contribution in [3.8, 4) is 5.82 Å². The molecule has 0 unspecified atom stereocenters. The van der Waals surface area contributed by atoms with Gasteiger partial charge in [0, 0.05) is 19.3 Å². The molecule has 2 fully saturated rings. The number of nitrogens with zero attached hydrogens (tertiary/aromatic N) is 7. The Morgan fingerprint density at radius 2 is 2.00 bits per heavy atom. The fourth-order valence-corrected chi connectivity index (χ4v) is 4.84. The van der Waals surface area contributed by atoms with Gasteiger partial charge < -0.3 is 19.6 Å². The van der Waals surface area contributed by atoms with Crippen LogP contribution in [0.25, 0.3) is 5.82 Å². The van der Waals surface area contributed by atoms with E-state index in [2.05, 4.69) is 25.4 Å². The number of rotatable bonds is 5. The number of aromatic nitrogens is 5. The Morgan fingerprint density at radius 1 is 1.22 bits per heavy atom. The van der Waals surface area contributed by atoms with E-state index in [-0.39, 0.29) is 23.9 Å². The highest BCUT2D eigenvalue weighted by atomic mass is 16.5. The van der Waals surface area contributed by atoms with E-state index < -0.39 is 6.10 Å². The Balaban J connectivity index is 1.21. The number of β-amino-alcohol motifs (C(OH)–C–C–N with tert-alkyl or cyclic N) is 1. The number of pyridine rings is 1. The van der Waals surface area contributed by atoms with Crippen LogP contribution in [0.3, 0.4) is 0 Å². The predicted molar refractivity (Wildman–Crippen MR) is 110 cm³/mol. The molecule has 0 radical (unpaired) electrons. The highest BCUT2D eigenvalue weighted by molar-refractivity contribution is 5.94. The number of amides is 1. The highest BCUT2D eigenvalue weighted by Gasteiger charge is 2.50. The summed E-state index contributed by atoms with van der Waals surface area (Å²) < 4.78 is 6.53. The number of esters is 1. The van der Waals surface area contributed by atoms with Crippen LogP contribution in [-0.2, 0) is 14.3 Å². The molecule has 1 amide bonds. The van der Waals surface area contributed by atoms with Crippen molar-refractivity contribution in [3.63, 3.8) is 0 Å². The van der Waals surface area contributed by atoms with Gasteiger partial charge in [-0.05, 0) is 67.4 Å². The predicted octanol–water partition coefficient (Wildman–Crippen LogP) is 0.236. The highest BCUT2D eigenvalue weighted by Crippen LogP contribution is 2.43. The summed E-state index contributed by atoms with van der Waals surface area (Å²) in [4.78, 5) is 33.1. The molecule has 1 N–H and O–H groups in total. The molecule has 11 nitrogen and oxygen atoms in total. The van der Waals surface area contributed by atoms with Gasteiger partial charge in [-0.3, -0.25) is 4.79 Å². The van der Waals surface area contributed by atoms with Gasteiger partial charge in [-0.2, -0.15) is 4.68 Å². The van der Waals surface area contributed by atoms with Crippen LogP contribution in [0, 0.1) is 5.41 Å². The first-order chi connectivity index (χ1) is 15.5. The molecule has 3 aliphatic heterocycles. The van der Waals surface area contributed by atoms with Gasteiger partial charge >= 0.3 is 5.97 Å². The minimum Gasteiger partial charge on any atom is -0.456 e. The molecule has 168 valence electrons. The zero-order valence-electron chi connectivity index (χ0n) is 17.8. The number of tetrazole rings is 1. The number of aliphatic hydroxyl groups excluding tert-OH is 1. The molecule has 5 heterocycles. The Morgan fingerprint density at radius 3 is 2.69 bits per heavy atom. The summed E-state index contributed by atoms with van der Waals surface area (Å²) in [6.07, 6.45) is 4.65. The quantitative estimate of drug-likeness (QED) is 0.652. The molecule has 2 saturated heterocycles. The van der Waals surface area contributed by atoms with E-state index in [1.54, 1.807) is 30.2 Å². The number of likely N-dealkylation sites (tertiary alicyclic amines) is 2. The number of hydrogen-bond acceptors (Lipinski definition) is 9. The normalized spacial score (nSPS) is 22.1. The third kappa shape index (κ3) is 3.56. The molecule has 3 aliphatic rings. The monoisotopic (exact) mass is 439 g/mol. The van der Waals surface area contributed by atoms with Gasteiger partial charge in [0.15, 0.2) is 5.82 Å². The number of ether oxygens (including phenoxy) is 1. The number of piperidine rings is 1. The third-order valence-corrected chi connectivity index (χ3v) is 6.90. The molecular formula is C21H25N7O4. The van der Waals surface area contributed by atoms with E-state index in [0.717, 1.165) is 37.9 Å². The molecule has 11 heteroatoms. The summed E-state index contributed by atoms with van der Waals surface area (Å²) in [6.45, 7) is 4.46. The third-order valence-electron chi connectivity index (χ3n) is 6.90. The van der Waals surface area contributed by atoms with E-state index in [1.165, 1.54) is 11.0 Å². The first-order valence-electron chi connectivity index (χ1n) is 10.8. The molecule has 2 aromatic rings. The summed E-state index contributed by atoms with van der Waals surface area (Å²) in [7, 11) is 0. The van der Waals surface area contributed by atoms with E-state index in [9.17, 15) is 14.7 Å². The molecule has 1 atom stereocenters. The van der Waals surface area contributed by atoms with Crippen molar-refractivity contribution in [2.24, 2.45) is 5.41 Å². The molecule has 1 spiro atoms. The summed E-state index contributed by atoms with van der Waals surface area (Å²) >= 11 is 0. The summed E-state index contributed by atoms with van der Waals surface area (Å²) in [5.41, 5.74) is 1.60. The van der Waals surface area contributed by atoms with E-state index in [0.29, 0.717) is 30.2 Å². The topological polar surface area (TPSA) is 127 Å². The Labute approximate surface area is 184 Å². The van der Waals surface area contributed by atoms with Crippen molar-refractivity contribution < 1.29 is 19.4 Å². The van der Waals surface area contributed by atoms with Crippen LogP contribution < -0.4 is 0 Å². The molecular weight excluding hydrogens is 414 g/mol. The molecule has 0 aromatic carbocycles. The van der Waals surface area contributed by atoms with Crippen LogP contribution in [0.15, 0.2) is 35.9 Å². The average molecular weight is 439 g/mol. The Hall–Kier alpha value is -3.18. The lowest BCUT2D eigenvalue weighted by Crippen LogP contribution is -2.45. The Bertz CT molecular complexity index is 1060. The minimum atomic E-state index is -0.687. The minimum absolute atomic E-state index is 0.102. The number of carbonyl (C=O) groups excluding carboxylic acids is 2. The largest absolute Gasteiger partial charge is 0.456 e. The molecule has 2 aromatic heterocycles. The van der Waals surface area contributed by atoms with Crippen molar-refractivity contribution in [1.29, 1.82) is 0 Å². The van der Waals surface area contributed by atoms with Crippen LogP contribution >= 0.6 is 0 Å². The van der Waals surface area contributed by atoms with Gasteiger partial charge in [-0.15, -0.1) is 5.10 Å². The van der Waals surface area contributed by atoms with Crippen molar-refractivity contribution >= 4 is 11.9 Å². The van der Waals surface area contributed by atoms with Gasteiger partial charge in [0.2, 0.25) is 5.91 Å². The van der Waals surface area contributed by atoms with E-state index in [4.69, 9.17) is 4.74 Å². The SMILES string of the molecule is CC1=C(N2CCC3(CCN(C[C@H](O)c4ccnc(-n5cnnn5)c4)CC3)C2=O)COC1=O.